The molecule has 0 saturated carbocycles. The van der Waals surface area contributed by atoms with Gasteiger partial charge in [-0.05, 0) is 44.0 Å². The molecule has 0 N–H and O–H groups in total. The SMILES string of the molecule is Cc1ccc(S(=O)(=O)N2CCC[C@@H](c3nc(-c4cccc(Cl)c4)no3)C2)cc1. The van der Waals surface area contributed by atoms with Gasteiger partial charge in [-0.15, -0.1) is 0 Å². The second kappa shape index (κ2) is 7.66. The van der Waals surface area contributed by atoms with Crippen molar-refractivity contribution in [2.45, 2.75) is 30.6 Å². The van der Waals surface area contributed by atoms with Gasteiger partial charge in [-0.2, -0.15) is 9.29 Å². The topological polar surface area (TPSA) is 76.3 Å². The molecule has 0 amide bonds. The Bertz CT molecular complexity index is 1080. The number of piperidine rings is 1. The zero-order valence-corrected chi connectivity index (χ0v) is 16.9. The van der Waals surface area contributed by atoms with E-state index in [-0.39, 0.29) is 5.92 Å². The van der Waals surface area contributed by atoms with Gasteiger partial charge in [0.15, 0.2) is 0 Å². The highest BCUT2D eigenvalue weighted by Crippen LogP contribution is 2.31. The van der Waals surface area contributed by atoms with E-state index >= 15 is 0 Å². The Balaban J connectivity index is 1.55. The maximum atomic E-state index is 13.0. The van der Waals surface area contributed by atoms with Crippen molar-refractivity contribution in [3.63, 3.8) is 0 Å². The number of hydrogen-bond donors (Lipinski definition) is 0. The third-order valence-corrected chi connectivity index (χ3v) is 7.03. The molecule has 1 saturated heterocycles. The van der Waals surface area contributed by atoms with Crippen LogP contribution in [0.1, 0.15) is 30.2 Å². The molecule has 0 bridgehead atoms. The van der Waals surface area contributed by atoms with Crippen molar-refractivity contribution < 1.29 is 12.9 Å². The first-order chi connectivity index (χ1) is 13.4. The second-order valence-electron chi connectivity index (χ2n) is 6.98. The van der Waals surface area contributed by atoms with Crippen LogP contribution in [0.15, 0.2) is 57.9 Å². The fourth-order valence-electron chi connectivity index (χ4n) is 3.37. The number of aromatic nitrogens is 2. The van der Waals surface area contributed by atoms with Crippen molar-refractivity contribution in [3.8, 4) is 11.4 Å². The van der Waals surface area contributed by atoms with Crippen LogP contribution in [0.4, 0.5) is 0 Å². The summed E-state index contributed by atoms with van der Waals surface area (Å²) in [6, 6.07) is 14.1. The number of sulfonamides is 1. The molecule has 1 aliphatic heterocycles. The summed E-state index contributed by atoms with van der Waals surface area (Å²) in [5.74, 6) is 0.782. The van der Waals surface area contributed by atoms with Crippen LogP contribution in [0.2, 0.25) is 5.02 Å². The third kappa shape index (κ3) is 3.83. The fourth-order valence-corrected chi connectivity index (χ4v) is 5.08. The highest BCUT2D eigenvalue weighted by Gasteiger charge is 2.33. The Labute approximate surface area is 169 Å². The van der Waals surface area contributed by atoms with Crippen LogP contribution in [-0.2, 0) is 10.0 Å². The van der Waals surface area contributed by atoms with Crippen molar-refractivity contribution in [1.82, 2.24) is 14.4 Å². The average Bonchev–Trinajstić information content (AvgIpc) is 3.19. The molecule has 2 aromatic carbocycles. The minimum Gasteiger partial charge on any atom is -0.339 e. The Kier molecular flexibility index (Phi) is 5.23. The summed E-state index contributed by atoms with van der Waals surface area (Å²) in [6.45, 7) is 2.75. The average molecular weight is 418 g/mol. The van der Waals surface area contributed by atoms with E-state index in [0.717, 1.165) is 24.0 Å². The molecule has 1 atom stereocenters. The Morgan fingerprint density at radius 3 is 2.71 bits per heavy atom. The molecule has 0 spiro atoms. The van der Waals surface area contributed by atoms with Gasteiger partial charge in [0.1, 0.15) is 0 Å². The van der Waals surface area contributed by atoms with E-state index in [2.05, 4.69) is 10.1 Å². The smallest absolute Gasteiger partial charge is 0.243 e. The molecule has 8 heteroatoms. The zero-order valence-electron chi connectivity index (χ0n) is 15.4. The molecule has 4 rings (SSSR count). The first-order valence-electron chi connectivity index (χ1n) is 9.10. The molecule has 28 heavy (non-hydrogen) atoms. The second-order valence-corrected chi connectivity index (χ2v) is 9.36. The summed E-state index contributed by atoms with van der Waals surface area (Å²) in [6.07, 6.45) is 1.54. The molecule has 146 valence electrons. The molecule has 3 aromatic rings. The van der Waals surface area contributed by atoms with E-state index in [4.69, 9.17) is 16.1 Å². The molecule has 0 radical (unpaired) electrons. The van der Waals surface area contributed by atoms with E-state index in [1.165, 1.54) is 4.31 Å². The fraction of sp³-hybridized carbons (Fsp3) is 0.300. The Morgan fingerprint density at radius 2 is 1.96 bits per heavy atom. The Hall–Kier alpha value is -2.22. The number of hydrogen-bond acceptors (Lipinski definition) is 5. The van der Waals surface area contributed by atoms with Crippen molar-refractivity contribution >= 4 is 21.6 Å². The highest BCUT2D eigenvalue weighted by atomic mass is 35.5. The molecule has 2 heterocycles. The van der Waals surface area contributed by atoms with Gasteiger partial charge in [0.2, 0.25) is 21.7 Å². The van der Waals surface area contributed by atoms with Crippen LogP contribution in [0.3, 0.4) is 0 Å². The standard InChI is InChI=1S/C20H20ClN3O3S/c1-14-7-9-18(10-8-14)28(25,26)24-11-3-5-16(13-24)20-22-19(23-27-20)15-4-2-6-17(21)12-15/h2,4,6-10,12,16H,3,5,11,13H2,1H3/t16-/m1/s1. The first-order valence-corrected chi connectivity index (χ1v) is 10.9. The molecule has 0 unspecified atom stereocenters. The minimum absolute atomic E-state index is 0.130. The monoisotopic (exact) mass is 417 g/mol. The van der Waals surface area contributed by atoms with E-state index in [1.807, 2.05) is 31.2 Å². The van der Waals surface area contributed by atoms with Crippen LogP contribution in [0.5, 0.6) is 0 Å². The largest absolute Gasteiger partial charge is 0.339 e. The number of benzene rings is 2. The van der Waals surface area contributed by atoms with Crippen LogP contribution in [0.25, 0.3) is 11.4 Å². The van der Waals surface area contributed by atoms with Crippen LogP contribution in [0, 0.1) is 6.92 Å². The summed E-state index contributed by atoms with van der Waals surface area (Å²) in [4.78, 5) is 4.80. The highest BCUT2D eigenvalue weighted by molar-refractivity contribution is 7.89. The van der Waals surface area contributed by atoms with E-state index in [0.29, 0.717) is 34.7 Å². The number of rotatable bonds is 4. The van der Waals surface area contributed by atoms with Gasteiger partial charge in [0, 0.05) is 23.7 Å². The molecule has 1 aromatic heterocycles. The van der Waals surface area contributed by atoms with Crippen molar-refractivity contribution in [2.24, 2.45) is 0 Å². The summed E-state index contributed by atoms with van der Waals surface area (Å²) < 4.78 is 32.9. The lowest BCUT2D eigenvalue weighted by Gasteiger charge is -2.30. The summed E-state index contributed by atoms with van der Waals surface area (Å²) in [5, 5.41) is 4.64. The van der Waals surface area contributed by atoms with E-state index in [9.17, 15) is 8.42 Å². The van der Waals surface area contributed by atoms with Crippen molar-refractivity contribution in [2.75, 3.05) is 13.1 Å². The molecule has 0 aliphatic carbocycles. The van der Waals surface area contributed by atoms with E-state index < -0.39 is 10.0 Å². The van der Waals surface area contributed by atoms with Gasteiger partial charge < -0.3 is 4.52 Å². The number of halogens is 1. The molecular weight excluding hydrogens is 398 g/mol. The number of aryl methyl sites for hydroxylation is 1. The third-order valence-electron chi connectivity index (χ3n) is 4.92. The molecule has 1 aliphatic rings. The van der Waals surface area contributed by atoms with Crippen LogP contribution < -0.4 is 0 Å². The predicted molar refractivity (Wildman–Crippen MR) is 107 cm³/mol. The summed E-state index contributed by atoms with van der Waals surface area (Å²) in [5.41, 5.74) is 1.79. The zero-order chi connectivity index (χ0) is 19.7. The molecule has 1 fully saturated rings. The summed E-state index contributed by atoms with van der Waals surface area (Å²) >= 11 is 6.03. The maximum Gasteiger partial charge on any atom is 0.243 e. The molecule has 6 nitrogen and oxygen atoms in total. The van der Waals surface area contributed by atoms with Crippen LogP contribution in [-0.4, -0.2) is 36.0 Å². The summed E-state index contributed by atoms with van der Waals surface area (Å²) in [7, 11) is -3.54. The predicted octanol–water partition coefficient (Wildman–Crippen LogP) is 4.27. The van der Waals surface area contributed by atoms with Gasteiger partial charge >= 0.3 is 0 Å². The normalized spacial score (nSPS) is 18.3. The van der Waals surface area contributed by atoms with Crippen molar-refractivity contribution in [1.29, 1.82) is 0 Å². The van der Waals surface area contributed by atoms with E-state index in [1.54, 1.807) is 24.3 Å². The number of nitrogens with zero attached hydrogens (tertiary/aromatic N) is 3. The lowest BCUT2D eigenvalue weighted by molar-refractivity contribution is 0.265. The van der Waals surface area contributed by atoms with Gasteiger partial charge in [-0.1, -0.05) is 46.6 Å². The first kappa shape index (κ1) is 19.1. The Morgan fingerprint density at radius 1 is 1.18 bits per heavy atom. The van der Waals surface area contributed by atoms with Gasteiger partial charge in [-0.25, -0.2) is 8.42 Å². The lowest BCUT2D eigenvalue weighted by Crippen LogP contribution is -2.39. The lowest BCUT2D eigenvalue weighted by atomic mass is 10.00. The molecular formula is C20H20ClN3O3S. The van der Waals surface area contributed by atoms with Gasteiger partial charge in [0.05, 0.1) is 10.8 Å². The van der Waals surface area contributed by atoms with Gasteiger partial charge in [-0.3, -0.25) is 0 Å². The van der Waals surface area contributed by atoms with Crippen molar-refractivity contribution in [3.05, 3.63) is 65.0 Å². The van der Waals surface area contributed by atoms with Gasteiger partial charge in [0.25, 0.3) is 0 Å². The quantitative estimate of drug-likeness (QED) is 0.633. The minimum atomic E-state index is -3.54. The van der Waals surface area contributed by atoms with Crippen LogP contribution >= 0.6 is 11.6 Å². The maximum absolute atomic E-state index is 13.0.